The molecule has 0 spiro atoms. The van der Waals surface area contributed by atoms with E-state index in [9.17, 15) is 4.79 Å². The minimum Gasteiger partial charge on any atom is -0.376 e. The lowest BCUT2D eigenvalue weighted by atomic mass is 10.1. The quantitative estimate of drug-likeness (QED) is 0.874. The number of carbonyl (C=O) groups is 1. The second kappa shape index (κ2) is 5.42. The summed E-state index contributed by atoms with van der Waals surface area (Å²) in [5, 5.41) is 3.92. The number of aromatic amines is 1. The van der Waals surface area contributed by atoms with Crippen LogP contribution in [0.2, 0.25) is 0 Å². The molecule has 1 aromatic heterocycles. The third kappa shape index (κ3) is 2.62. The number of benzene rings is 1. The lowest BCUT2D eigenvalue weighted by Crippen LogP contribution is -2.39. The van der Waals surface area contributed by atoms with Gasteiger partial charge in [0.15, 0.2) is 0 Å². The fourth-order valence-electron chi connectivity index (χ4n) is 2.23. The molecule has 1 aromatic carbocycles. The SMILES string of the molecule is O=C(NCC1COCCO1)c1cccc2cc[nH]c12. The standard InChI is InChI=1S/C14H16N2O3/c17-14(16-8-11-9-18-6-7-19-11)12-3-1-2-10-4-5-15-13(10)12/h1-5,11,15H,6-9H2,(H,16,17). The molecule has 2 N–H and O–H groups in total. The fourth-order valence-corrected chi connectivity index (χ4v) is 2.23. The molecule has 1 atom stereocenters. The van der Waals surface area contributed by atoms with Gasteiger partial charge in [-0.2, -0.15) is 0 Å². The molecule has 3 rings (SSSR count). The number of H-pyrrole nitrogens is 1. The molecule has 19 heavy (non-hydrogen) atoms. The lowest BCUT2D eigenvalue weighted by Gasteiger charge is -2.23. The molecule has 1 aliphatic heterocycles. The molecule has 1 amide bonds. The van der Waals surface area contributed by atoms with Crippen LogP contribution in [-0.2, 0) is 9.47 Å². The number of nitrogens with one attached hydrogen (secondary N) is 2. The molecule has 2 heterocycles. The Kier molecular flexibility index (Phi) is 3.48. The van der Waals surface area contributed by atoms with Gasteiger partial charge in [0.05, 0.1) is 37.0 Å². The van der Waals surface area contributed by atoms with Gasteiger partial charge >= 0.3 is 0 Å². The summed E-state index contributed by atoms with van der Waals surface area (Å²) in [4.78, 5) is 15.3. The zero-order valence-electron chi connectivity index (χ0n) is 10.5. The second-order valence-electron chi connectivity index (χ2n) is 4.53. The Morgan fingerprint density at radius 2 is 2.32 bits per heavy atom. The molecule has 1 saturated heterocycles. The predicted molar refractivity (Wildman–Crippen MR) is 71.2 cm³/mol. The normalized spacial score (nSPS) is 19.5. The highest BCUT2D eigenvalue weighted by Crippen LogP contribution is 2.16. The topological polar surface area (TPSA) is 63.4 Å². The summed E-state index contributed by atoms with van der Waals surface area (Å²) in [6.45, 7) is 2.22. The van der Waals surface area contributed by atoms with Gasteiger partial charge in [0.25, 0.3) is 5.91 Å². The average Bonchev–Trinajstić information content (AvgIpc) is 2.94. The molecule has 1 aliphatic rings. The molecular weight excluding hydrogens is 244 g/mol. The van der Waals surface area contributed by atoms with Crippen molar-refractivity contribution >= 4 is 16.8 Å². The van der Waals surface area contributed by atoms with E-state index in [-0.39, 0.29) is 12.0 Å². The third-order valence-corrected chi connectivity index (χ3v) is 3.21. The van der Waals surface area contributed by atoms with Crippen LogP contribution in [0.3, 0.4) is 0 Å². The van der Waals surface area contributed by atoms with E-state index in [1.54, 1.807) is 0 Å². The van der Waals surface area contributed by atoms with Crippen LogP contribution in [0.1, 0.15) is 10.4 Å². The smallest absolute Gasteiger partial charge is 0.253 e. The van der Waals surface area contributed by atoms with Crippen LogP contribution in [0.4, 0.5) is 0 Å². The number of hydrogen-bond acceptors (Lipinski definition) is 3. The highest BCUT2D eigenvalue weighted by molar-refractivity contribution is 6.05. The Labute approximate surface area is 110 Å². The van der Waals surface area contributed by atoms with Gasteiger partial charge < -0.3 is 19.8 Å². The van der Waals surface area contributed by atoms with Crippen LogP contribution in [0.5, 0.6) is 0 Å². The Morgan fingerprint density at radius 3 is 3.16 bits per heavy atom. The van der Waals surface area contributed by atoms with Crippen LogP contribution < -0.4 is 5.32 Å². The maximum absolute atomic E-state index is 12.2. The van der Waals surface area contributed by atoms with Gasteiger partial charge in [-0.1, -0.05) is 12.1 Å². The van der Waals surface area contributed by atoms with Gasteiger partial charge in [-0.15, -0.1) is 0 Å². The van der Waals surface area contributed by atoms with Gasteiger partial charge in [-0.05, 0) is 12.1 Å². The maximum atomic E-state index is 12.2. The van der Waals surface area contributed by atoms with Gasteiger partial charge in [-0.25, -0.2) is 0 Å². The highest BCUT2D eigenvalue weighted by Gasteiger charge is 2.16. The Hall–Kier alpha value is -1.85. The summed E-state index contributed by atoms with van der Waals surface area (Å²) in [5.74, 6) is -0.0952. The van der Waals surface area contributed by atoms with E-state index >= 15 is 0 Å². The van der Waals surface area contributed by atoms with Gasteiger partial charge in [0.1, 0.15) is 0 Å². The number of hydrogen-bond donors (Lipinski definition) is 2. The largest absolute Gasteiger partial charge is 0.376 e. The Morgan fingerprint density at radius 1 is 1.37 bits per heavy atom. The number of aromatic nitrogens is 1. The van der Waals surface area contributed by atoms with E-state index in [1.807, 2.05) is 30.5 Å². The van der Waals surface area contributed by atoms with E-state index < -0.39 is 0 Å². The van der Waals surface area contributed by atoms with Crippen molar-refractivity contribution in [1.82, 2.24) is 10.3 Å². The van der Waals surface area contributed by atoms with E-state index in [2.05, 4.69) is 10.3 Å². The summed E-state index contributed by atoms with van der Waals surface area (Å²) in [6.07, 6.45) is 1.78. The van der Waals surface area contributed by atoms with E-state index in [1.165, 1.54) is 0 Å². The second-order valence-corrected chi connectivity index (χ2v) is 4.53. The molecule has 2 aromatic rings. The van der Waals surface area contributed by atoms with Gasteiger partial charge in [0.2, 0.25) is 0 Å². The van der Waals surface area contributed by atoms with Crippen molar-refractivity contribution < 1.29 is 14.3 Å². The first-order chi connectivity index (χ1) is 9.34. The van der Waals surface area contributed by atoms with Crippen LogP contribution in [0.25, 0.3) is 10.9 Å². The van der Waals surface area contributed by atoms with Gasteiger partial charge in [0, 0.05) is 18.1 Å². The molecule has 1 unspecified atom stereocenters. The van der Waals surface area contributed by atoms with Crippen LogP contribution in [-0.4, -0.2) is 43.4 Å². The molecule has 0 saturated carbocycles. The van der Waals surface area contributed by atoms with E-state index in [0.717, 1.165) is 10.9 Å². The number of amides is 1. The molecule has 0 radical (unpaired) electrons. The predicted octanol–water partition coefficient (Wildman–Crippen LogP) is 1.31. The van der Waals surface area contributed by atoms with Crippen LogP contribution >= 0.6 is 0 Å². The zero-order chi connectivity index (χ0) is 13.1. The Balaban J connectivity index is 1.68. The number of para-hydroxylation sites is 1. The number of rotatable bonds is 3. The third-order valence-electron chi connectivity index (χ3n) is 3.21. The molecule has 0 aliphatic carbocycles. The van der Waals surface area contributed by atoms with E-state index in [4.69, 9.17) is 9.47 Å². The maximum Gasteiger partial charge on any atom is 0.253 e. The molecule has 5 nitrogen and oxygen atoms in total. The number of fused-ring (bicyclic) bond motifs is 1. The van der Waals surface area contributed by atoms with Crippen molar-refractivity contribution in [3.05, 3.63) is 36.0 Å². The molecule has 100 valence electrons. The lowest BCUT2D eigenvalue weighted by molar-refractivity contribution is -0.0855. The minimum atomic E-state index is -0.0952. The fraction of sp³-hybridized carbons (Fsp3) is 0.357. The summed E-state index contributed by atoms with van der Waals surface area (Å²) in [7, 11) is 0. The van der Waals surface area contributed by atoms with Crippen molar-refractivity contribution in [3.63, 3.8) is 0 Å². The first-order valence-corrected chi connectivity index (χ1v) is 6.38. The first-order valence-electron chi connectivity index (χ1n) is 6.38. The van der Waals surface area contributed by atoms with Crippen LogP contribution in [0, 0.1) is 0 Å². The zero-order valence-corrected chi connectivity index (χ0v) is 10.5. The Bertz CT molecular complexity index is 573. The summed E-state index contributed by atoms with van der Waals surface area (Å²) < 4.78 is 10.8. The van der Waals surface area contributed by atoms with Crippen molar-refractivity contribution in [2.45, 2.75) is 6.10 Å². The monoisotopic (exact) mass is 260 g/mol. The molecule has 5 heteroatoms. The average molecular weight is 260 g/mol. The molecule has 1 fully saturated rings. The molecular formula is C14H16N2O3. The van der Waals surface area contributed by atoms with Crippen molar-refractivity contribution in [2.24, 2.45) is 0 Å². The minimum absolute atomic E-state index is 0.0551. The first kappa shape index (κ1) is 12.2. The van der Waals surface area contributed by atoms with Gasteiger partial charge in [-0.3, -0.25) is 4.79 Å². The van der Waals surface area contributed by atoms with Crippen molar-refractivity contribution in [3.8, 4) is 0 Å². The van der Waals surface area contributed by atoms with Crippen molar-refractivity contribution in [1.29, 1.82) is 0 Å². The number of carbonyl (C=O) groups excluding carboxylic acids is 1. The molecule has 0 bridgehead atoms. The summed E-state index contributed by atoms with van der Waals surface area (Å²) >= 11 is 0. The summed E-state index contributed by atoms with van der Waals surface area (Å²) in [5.41, 5.74) is 1.51. The van der Waals surface area contributed by atoms with E-state index in [0.29, 0.717) is 31.9 Å². The van der Waals surface area contributed by atoms with Crippen molar-refractivity contribution in [2.75, 3.05) is 26.4 Å². The highest BCUT2D eigenvalue weighted by atomic mass is 16.6. The van der Waals surface area contributed by atoms with Crippen LogP contribution in [0.15, 0.2) is 30.5 Å². The number of ether oxygens (including phenoxy) is 2. The summed E-state index contributed by atoms with van der Waals surface area (Å²) in [6, 6.07) is 7.61.